The van der Waals surface area contributed by atoms with Crippen molar-refractivity contribution in [1.82, 2.24) is 0 Å². The zero-order valence-electron chi connectivity index (χ0n) is 13.2. The van der Waals surface area contributed by atoms with E-state index in [1.54, 1.807) is 0 Å². The largest absolute Gasteiger partial charge is 0.0763 e. The molecular formula is C24H16. The highest BCUT2D eigenvalue weighted by Crippen LogP contribution is 2.39. The molecule has 0 heterocycles. The van der Waals surface area contributed by atoms with E-state index in [1.165, 1.54) is 42.4 Å². The van der Waals surface area contributed by atoms with Gasteiger partial charge in [-0.15, -0.1) is 0 Å². The van der Waals surface area contributed by atoms with Crippen LogP contribution in [-0.4, -0.2) is 0 Å². The number of allylic oxidation sites excluding steroid dienone is 2. The van der Waals surface area contributed by atoms with Gasteiger partial charge < -0.3 is 0 Å². The molecule has 2 unspecified atom stereocenters. The summed E-state index contributed by atoms with van der Waals surface area (Å²) in [7, 11) is 0. The summed E-state index contributed by atoms with van der Waals surface area (Å²) in [6.45, 7) is 0. The Morgan fingerprint density at radius 2 is 0.917 bits per heavy atom. The van der Waals surface area contributed by atoms with Crippen molar-refractivity contribution in [3.05, 3.63) is 115 Å². The van der Waals surface area contributed by atoms with Gasteiger partial charge >= 0.3 is 0 Å². The van der Waals surface area contributed by atoms with Crippen LogP contribution in [0.3, 0.4) is 0 Å². The first-order valence-electron chi connectivity index (χ1n) is 8.64. The monoisotopic (exact) mass is 304 g/mol. The maximum atomic E-state index is 2.42. The summed E-state index contributed by atoms with van der Waals surface area (Å²) >= 11 is 0. The van der Waals surface area contributed by atoms with Crippen molar-refractivity contribution >= 4 is 12.2 Å². The number of hydrogen-bond donors (Lipinski definition) is 0. The smallest absolute Gasteiger partial charge is 0.0217 e. The van der Waals surface area contributed by atoms with Crippen LogP contribution in [0.25, 0.3) is 12.2 Å². The molecule has 0 saturated carbocycles. The van der Waals surface area contributed by atoms with Gasteiger partial charge in [0, 0.05) is 11.8 Å². The number of hydrogen-bond acceptors (Lipinski definition) is 0. The fraction of sp³-hybridized carbons (Fsp3) is 0.0833. The van der Waals surface area contributed by atoms with Crippen LogP contribution in [0.4, 0.5) is 0 Å². The van der Waals surface area contributed by atoms with E-state index in [0.29, 0.717) is 11.8 Å². The summed E-state index contributed by atoms with van der Waals surface area (Å²) < 4.78 is 0. The Bertz CT molecular complexity index is 1250. The molecule has 0 N–H and O–H groups in total. The Kier molecular flexibility index (Phi) is 2.28. The maximum absolute atomic E-state index is 2.42. The standard InChI is InChI=1S/C24H16/c1-3-7-19-15(5-1)13-17-9-10-18-14-16-6-2-4-8-20(16)22-12-11-21(19)23(17)24(18)22/h1-14,17-18H. The molecule has 0 bridgehead atoms. The molecular weight excluding hydrogens is 288 g/mol. The molecule has 0 aromatic heterocycles. The van der Waals surface area contributed by atoms with E-state index in [2.05, 4.69) is 85.0 Å². The average molecular weight is 304 g/mol. The van der Waals surface area contributed by atoms with Crippen LogP contribution in [-0.2, 0) is 0 Å². The topological polar surface area (TPSA) is 0 Å². The average Bonchev–Trinajstić information content (AvgIpc) is 2.65. The van der Waals surface area contributed by atoms with Crippen molar-refractivity contribution in [2.45, 2.75) is 11.8 Å². The fourth-order valence-corrected chi connectivity index (χ4v) is 4.70. The Balaban J connectivity index is 1.96. The van der Waals surface area contributed by atoms with Crippen LogP contribution in [0.15, 0.2) is 72.8 Å². The lowest BCUT2D eigenvalue weighted by Crippen LogP contribution is -2.21. The molecule has 0 amide bonds. The van der Waals surface area contributed by atoms with Gasteiger partial charge in [0.1, 0.15) is 0 Å². The number of benzene rings is 3. The molecule has 24 heavy (non-hydrogen) atoms. The second-order valence-electron chi connectivity index (χ2n) is 6.93. The highest BCUT2D eigenvalue weighted by molar-refractivity contribution is 5.62. The predicted molar refractivity (Wildman–Crippen MR) is 97.5 cm³/mol. The first-order chi connectivity index (χ1) is 11.9. The molecule has 3 aromatic carbocycles. The minimum atomic E-state index is 0.403. The van der Waals surface area contributed by atoms with Gasteiger partial charge in [-0.2, -0.15) is 0 Å². The third-order valence-corrected chi connectivity index (χ3v) is 5.70. The Morgan fingerprint density at radius 1 is 0.458 bits per heavy atom. The van der Waals surface area contributed by atoms with E-state index >= 15 is 0 Å². The van der Waals surface area contributed by atoms with Gasteiger partial charge in [0.25, 0.3) is 0 Å². The van der Waals surface area contributed by atoms with E-state index < -0.39 is 0 Å². The molecule has 0 heteroatoms. The third kappa shape index (κ3) is 1.48. The normalized spacial score (nSPS) is 21.0. The number of rotatable bonds is 0. The van der Waals surface area contributed by atoms with Crippen LogP contribution < -0.4 is 10.4 Å². The second kappa shape index (κ2) is 4.36. The molecule has 0 fully saturated rings. The van der Waals surface area contributed by atoms with E-state index in [0.717, 1.165) is 0 Å². The van der Waals surface area contributed by atoms with E-state index in [9.17, 15) is 0 Å². The molecule has 112 valence electrons. The van der Waals surface area contributed by atoms with E-state index in [-0.39, 0.29) is 0 Å². The molecule has 0 spiro atoms. The van der Waals surface area contributed by atoms with Gasteiger partial charge in [0.05, 0.1) is 0 Å². The van der Waals surface area contributed by atoms with Crippen molar-refractivity contribution in [3.63, 3.8) is 0 Å². The molecule has 2 atom stereocenters. The Morgan fingerprint density at radius 3 is 1.42 bits per heavy atom. The molecule has 3 aliphatic rings. The summed E-state index contributed by atoms with van der Waals surface area (Å²) in [5, 5.41) is 8.30. The minimum absolute atomic E-state index is 0.403. The van der Waals surface area contributed by atoms with E-state index in [1.807, 2.05) is 0 Å². The van der Waals surface area contributed by atoms with Crippen LogP contribution in [0.5, 0.6) is 0 Å². The molecule has 0 aliphatic heterocycles. The van der Waals surface area contributed by atoms with Gasteiger partial charge in [-0.3, -0.25) is 0 Å². The lowest BCUT2D eigenvalue weighted by atomic mass is 9.75. The zero-order chi connectivity index (χ0) is 15.7. The molecule has 0 radical (unpaired) electrons. The van der Waals surface area contributed by atoms with Crippen molar-refractivity contribution < 1.29 is 0 Å². The van der Waals surface area contributed by atoms with E-state index in [4.69, 9.17) is 0 Å². The second-order valence-corrected chi connectivity index (χ2v) is 6.93. The summed E-state index contributed by atoms with van der Waals surface area (Å²) in [6.07, 6.45) is 9.62. The number of fused-ring (bicyclic) bond motifs is 2. The molecule has 0 saturated heterocycles. The van der Waals surface area contributed by atoms with Gasteiger partial charge in [-0.1, -0.05) is 85.0 Å². The SMILES string of the molecule is C1=CC2C=c3ccccc3=c3ccc4c(c32)C1C=c1ccccc1=4. The first-order valence-corrected chi connectivity index (χ1v) is 8.64. The lowest BCUT2D eigenvalue weighted by Gasteiger charge is -2.28. The fourth-order valence-electron chi connectivity index (χ4n) is 4.70. The quantitative estimate of drug-likeness (QED) is 0.557. The zero-order valence-corrected chi connectivity index (χ0v) is 13.2. The van der Waals surface area contributed by atoms with Crippen molar-refractivity contribution in [2.24, 2.45) is 0 Å². The molecule has 3 aromatic rings. The maximum Gasteiger partial charge on any atom is 0.0217 e. The van der Waals surface area contributed by atoms with Gasteiger partial charge in [-0.25, -0.2) is 0 Å². The van der Waals surface area contributed by atoms with Crippen LogP contribution in [0.2, 0.25) is 0 Å². The summed E-state index contributed by atoms with van der Waals surface area (Å²) in [5.41, 5.74) is 3.04. The third-order valence-electron chi connectivity index (χ3n) is 5.70. The summed E-state index contributed by atoms with van der Waals surface area (Å²) in [6, 6.07) is 22.2. The van der Waals surface area contributed by atoms with Crippen LogP contribution in [0.1, 0.15) is 23.0 Å². The lowest BCUT2D eigenvalue weighted by molar-refractivity contribution is 0.936. The summed E-state index contributed by atoms with van der Waals surface area (Å²) in [5.74, 6) is 0.805. The predicted octanol–water partition coefficient (Wildman–Crippen LogP) is 3.59. The Labute approximate surface area is 139 Å². The molecule has 3 aliphatic carbocycles. The highest BCUT2D eigenvalue weighted by atomic mass is 14.3. The van der Waals surface area contributed by atoms with Crippen molar-refractivity contribution in [3.8, 4) is 0 Å². The molecule has 0 nitrogen and oxygen atoms in total. The van der Waals surface area contributed by atoms with Crippen LogP contribution >= 0.6 is 0 Å². The Hall–Kier alpha value is -2.86. The minimum Gasteiger partial charge on any atom is -0.0763 e. The van der Waals surface area contributed by atoms with Gasteiger partial charge in [-0.05, 0) is 42.4 Å². The summed E-state index contributed by atoms with van der Waals surface area (Å²) in [4.78, 5) is 0. The van der Waals surface area contributed by atoms with Gasteiger partial charge in [0.2, 0.25) is 0 Å². The van der Waals surface area contributed by atoms with Gasteiger partial charge in [0.15, 0.2) is 0 Å². The molecule has 6 rings (SSSR count). The van der Waals surface area contributed by atoms with Crippen molar-refractivity contribution in [1.29, 1.82) is 0 Å². The highest BCUT2D eigenvalue weighted by Gasteiger charge is 2.25. The van der Waals surface area contributed by atoms with Crippen LogP contribution in [0, 0.1) is 20.9 Å². The first kappa shape index (κ1) is 12.5. The van der Waals surface area contributed by atoms with Crippen molar-refractivity contribution in [2.75, 3.05) is 0 Å².